The number of nitrogens with one attached hydrogen (secondary N) is 1. The van der Waals surface area contributed by atoms with Crippen molar-refractivity contribution in [3.05, 3.63) is 52.8 Å². The maximum Gasteiger partial charge on any atom is 0.268 e. The number of sulfonamides is 1. The van der Waals surface area contributed by atoms with Crippen molar-refractivity contribution in [2.75, 3.05) is 38.7 Å². The van der Waals surface area contributed by atoms with Crippen LogP contribution in [0.3, 0.4) is 0 Å². The van der Waals surface area contributed by atoms with Gasteiger partial charge in [0, 0.05) is 30.9 Å². The van der Waals surface area contributed by atoms with E-state index in [1.54, 1.807) is 12.1 Å². The Morgan fingerprint density at radius 2 is 1.83 bits per heavy atom. The van der Waals surface area contributed by atoms with Gasteiger partial charge in [-0.1, -0.05) is 24.4 Å². The number of nitrogens with zero attached hydrogens (tertiary/aromatic N) is 2. The first-order valence-corrected chi connectivity index (χ1v) is 14.2. The summed E-state index contributed by atoms with van der Waals surface area (Å²) in [5.41, 5.74) is 0.453. The minimum absolute atomic E-state index is 0.0545. The third-order valence-electron chi connectivity index (χ3n) is 7.08. The van der Waals surface area contributed by atoms with Crippen LogP contribution in [-0.4, -0.2) is 59.1 Å². The first-order valence-electron chi connectivity index (χ1n) is 12.3. The Morgan fingerprint density at radius 1 is 1.14 bits per heavy atom. The number of benzene rings is 2. The number of anilines is 1. The van der Waals surface area contributed by atoms with Crippen molar-refractivity contribution in [2.45, 2.75) is 49.5 Å². The molecular formula is C26H33ClFN3O4S. The molecule has 1 heterocycles. The third-order valence-corrected chi connectivity index (χ3v) is 8.72. The minimum atomic E-state index is -4.21. The number of rotatable bonds is 8. The van der Waals surface area contributed by atoms with E-state index in [1.165, 1.54) is 12.1 Å². The molecule has 1 amide bonds. The summed E-state index contributed by atoms with van der Waals surface area (Å²) < 4.78 is 48.0. The highest BCUT2D eigenvalue weighted by molar-refractivity contribution is 7.90. The number of ether oxygens (including phenoxy) is 1. The molecule has 1 atom stereocenters. The van der Waals surface area contributed by atoms with Crippen LogP contribution in [0.4, 0.5) is 10.1 Å². The topological polar surface area (TPSA) is 79.0 Å². The van der Waals surface area contributed by atoms with Crippen LogP contribution in [0.5, 0.6) is 5.75 Å². The average molecular weight is 538 g/mol. The number of halogens is 2. The van der Waals surface area contributed by atoms with Gasteiger partial charge in [-0.3, -0.25) is 4.79 Å². The second kappa shape index (κ2) is 11.4. The Bertz CT molecular complexity index is 1180. The van der Waals surface area contributed by atoms with Crippen molar-refractivity contribution >= 4 is 33.2 Å². The Kier molecular flexibility index (Phi) is 8.42. The molecule has 0 spiro atoms. The smallest absolute Gasteiger partial charge is 0.268 e. The molecule has 1 aliphatic carbocycles. The molecule has 0 aromatic heterocycles. The molecule has 1 saturated carbocycles. The number of carbonyl (C=O) groups excluding carboxylic acids is 1. The molecule has 2 fully saturated rings. The summed E-state index contributed by atoms with van der Waals surface area (Å²) in [6, 6.07) is 8.93. The summed E-state index contributed by atoms with van der Waals surface area (Å²) in [5, 5.41) is 0.0545. The highest BCUT2D eigenvalue weighted by atomic mass is 35.5. The molecule has 196 valence electrons. The van der Waals surface area contributed by atoms with Gasteiger partial charge in [0.15, 0.2) is 0 Å². The molecule has 4 rings (SSSR count). The van der Waals surface area contributed by atoms with Gasteiger partial charge < -0.3 is 14.5 Å². The van der Waals surface area contributed by atoms with Gasteiger partial charge in [0.05, 0.1) is 22.1 Å². The number of hydrogen-bond acceptors (Lipinski definition) is 6. The van der Waals surface area contributed by atoms with Crippen molar-refractivity contribution in [1.82, 2.24) is 9.62 Å². The second-order valence-electron chi connectivity index (χ2n) is 9.86. The van der Waals surface area contributed by atoms with E-state index >= 15 is 0 Å². The zero-order valence-corrected chi connectivity index (χ0v) is 22.2. The SMILES string of the molecule is CN(C)C1CCCN(c2ccc(S(=O)(=O)NC(=O)c3cc(Cl)c(OCC4CCCC4)cc3F)cc2)C1. The van der Waals surface area contributed by atoms with Crippen molar-refractivity contribution in [3.8, 4) is 5.75 Å². The Hall–Kier alpha value is -2.36. The van der Waals surface area contributed by atoms with Gasteiger partial charge in [-0.25, -0.2) is 17.5 Å². The van der Waals surface area contributed by atoms with Gasteiger partial charge in [-0.15, -0.1) is 0 Å². The Balaban J connectivity index is 1.42. The van der Waals surface area contributed by atoms with E-state index in [9.17, 15) is 17.6 Å². The lowest BCUT2D eigenvalue weighted by Gasteiger charge is -2.37. The monoisotopic (exact) mass is 537 g/mol. The van der Waals surface area contributed by atoms with E-state index in [-0.39, 0.29) is 15.7 Å². The number of amides is 1. The first-order chi connectivity index (χ1) is 17.1. The van der Waals surface area contributed by atoms with Crippen LogP contribution < -0.4 is 14.4 Å². The Morgan fingerprint density at radius 3 is 2.50 bits per heavy atom. The molecule has 2 aromatic carbocycles. The number of piperidine rings is 1. The molecule has 0 radical (unpaired) electrons. The van der Waals surface area contributed by atoms with Crippen molar-refractivity contribution in [1.29, 1.82) is 0 Å². The zero-order valence-electron chi connectivity index (χ0n) is 20.7. The summed E-state index contributed by atoms with van der Waals surface area (Å²) in [6.07, 6.45) is 6.61. The molecule has 36 heavy (non-hydrogen) atoms. The van der Waals surface area contributed by atoms with E-state index in [4.69, 9.17) is 16.3 Å². The van der Waals surface area contributed by atoms with Gasteiger partial charge in [-0.2, -0.15) is 0 Å². The molecule has 1 aliphatic heterocycles. The molecule has 1 N–H and O–H groups in total. The van der Waals surface area contributed by atoms with E-state index < -0.39 is 27.3 Å². The molecule has 10 heteroatoms. The van der Waals surface area contributed by atoms with E-state index in [1.807, 2.05) is 4.72 Å². The van der Waals surface area contributed by atoms with Crippen LogP contribution in [0.1, 0.15) is 48.9 Å². The summed E-state index contributed by atoms with van der Waals surface area (Å²) in [7, 11) is -0.0974. The van der Waals surface area contributed by atoms with Crippen LogP contribution >= 0.6 is 11.6 Å². The third kappa shape index (κ3) is 6.30. The lowest BCUT2D eigenvalue weighted by atomic mass is 10.0. The largest absolute Gasteiger partial charge is 0.492 e. The van der Waals surface area contributed by atoms with Crippen molar-refractivity contribution < 1.29 is 22.3 Å². The van der Waals surface area contributed by atoms with Crippen molar-refractivity contribution in [2.24, 2.45) is 5.92 Å². The quantitative estimate of drug-likeness (QED) is 0.526. The fourth-order valence-electron chi connectivity index (χ4n) is 4.88. The molecule has 7 nitrogen and oxygen atoms in total. The standard InChI is InChI=1S/C26H33ClFN3O4S/c1-30(2)20-8-5-13-31(16-20)19-9-11-21(12-10-19)36(33,34)29-26(32)22-14-23(27)25(15-24(22)28)35-17-18-6-3-4-7-18/h9-12,14-15,18,20H,3-8,13,16-17H2,1-2H3,(H,29,32). The first kappa shape index (κ1) is 26.7. The summed E-state index contributed by atoms with van der Waals surface area (Å²) in [6.45, 7) is 2.19. The summed E-state index contributed by atoms with van der Waals surface area (Å²) >= 11 is 6.21. The highest BCUT2D eigenvalue weighted by Gasteiger charge is 2.25. The van der Waals surface area contributed by atoms with Gasteiger partial charge in [0.1, 0.15) is 11.6 Å². The number of likely N-dealkylation sites (N-methyl/N-ethyl adjacent to an activating group) is 1. The zero-order chi connectivity index (χ0) is 25.9. The number of carbonyl (C=O) groups is 1. The predicted molar refractivity (Wildman–Crippen MR) is 139 cm³/mol. The van der Waals surface area contributed by atoms with Gasteiger partial charge in [0.2, 0.25) is 0 Å². The summed E-state index contributed by atoms with van der Waals surface area (Å²) in [4.78, 5) is 17.0. The second-order valence-corrected chi connectivity index (χ2v) is 11.9. The normalized spacial score (nSPS) is 19.0. The molecular weight excluding hydrogens is 505 g/mol. The average Bonchev–Trinajstić information content (AvgIpc) is 3.38. The van der Waals surface area contributed by atoms with Crippen LogP contribution in [-0.2, 0) is 10.0 Å². The highest BCUT2D eigenvalue weighted by Crippen LogP contribution is 2.31. The lowest BCUT2D eigenvalue weighted by molar-refractivity contribution is 0.0977. The molecule has 1 unspecified atom stereocenters. The van der Waals surface area contributed by atoms with E-state index in [2.05, 4.69) is 23.9 Å². The lowest BCUT2D eigenvalue weighted by Crippen LogP contribution is -2.45. The maximum absolute atomic E-state index is 14.7. The molecule has 2 aliphatic rings. The van der Waals surface area contributed by atoms with Gasteiger partial charge in [0.25, 0.3) is 15.9 Å². The predicted octanol–water partition coefficient (Wildman–Crippen LogP) is 4.70. The Labute approximate surface area is 217 Å². The number of hydrogen-bond donors (Lipinski definition) is 1. The van der Waals surface area contributed by atoms with Crippen LogP contribution in [0.25, 0.3) is 0 Å². The van der Waals surface area contributed by atoms with Gasteiger partial charge >= 0.3 is 0 Å². The maximum atomic E-state index is 14.7. The van der Waals surface area contributed by atoms with Crippen LogP contribution in [0.15, 0.2) is 41.3 Å². The van der Waals surface area contributed by atoms with Crippen LogP contribution in [0, 0.1) is 11.7 Å². The van der Waals surface area contributed by atoms with Crippen LogP contribution in [0.2, 0.25) is 5.02 Å². The molecule has 0 bridgehead atoms. The van der Waals surface area contributed by atoms with E-state index in [0.717, 1.165) is 69.4 Å². The fourth-order valence-corrected chi connectivity index (χ4v) is 6.07. The minimum Gasteiger partial charge on any atom is -0.492 e. The van der Waals surface area contributed by atoms with E-state index in [0.29, 0.717) is 18.6 Å². The molecule has 2 aromatic rings. The fraction of sp³-hybridized carbons (Fsp3) is 0.500. The van der Waals surface area contributed by atoms with Crippen molar-refractivity contribution in [3.63, 3.8) is 0 Å². The summed E-state index contributed by atoms with van der Waals surface area (Å²) in [5.74, 6) is -1.44. The van der Waals surface area contributed by atoms with Gasteiger partial charge in [-0.05, 0) is 76.0 Å². The molecule has 1 saturated heterocycles.